The van der Waals surface area contributed by atoms with Crippen molar-refractivity contribution in [2.24, 2.45) is 5.92 Å². The molecular formula is C31H29N3O3. The van der Waals surface area contributed by atoms with Gasteiger partial charge in [-0.25, -0.2) is 4.79 Å². The van der Waals surface area contributed by atoms with Crippen molar-refractivity contribution in [1.82, 2.24) is 4.98 Å². The number of carbonyl (C=O) groups excluding carboxylic acids is 2. The van der Waals surface area contributed by atoms with Crippen LogP contribution < -0.4 is 14.5 Å². The lowest BCUT2D eigenvalue weighted by Crippen LogP contribution is -2.52. The van der Waals surface area contributed by atoms with Crippen LogP contribution in [-0.4, -0.2) is 29.6 Å². The molecule has 6 rings (SSSR count). The Morgan fingerprint density at radius 3 is 2.49 bits per heavy atom. The summed E-state index contributed by atoms with van der Waals surface area (Å²) in [6.45, 7) is 3.83. The summed E-state index contributed by atoms with van der Waals surface area (Å²) in [4.78, 5) is 34.2. The summed E-state index contributed by atoms with van der Waals surface area (Å²) in [6, 6.07) is 23.3. The monoisotopic (exact) mass is 491 g/mol. The van der Waals surface area contributed by atoms with Crippen molar-refractivity contribution >= 4 is 34.1 Å². The molecule has 6 nitrogen and oxygen atoms in total. The van der Waals surface area contributed by atoms with Crippen LogP contribution in [0.5, 0.6) is 5.75 Å². The van der Waals surface area contributed by atoms with Gasteiger partial charge in [0.1, 0.15) is 5.75 Å². The van der Waals surface area contributed by atoms with E-state index in [1.165, 1.54) is 12.8 Å². The number of fused-ring (bicyclic) bond motifs is 2. The van der Waals surface area contributed by atoms with Gasteiger partial charge < -0.3 is 9.64 Å². The Morgan fingerprint density at radius 1 is 0.946 bits per heavy atom. The van der Waals surface area contributed by atoms with Gasteiger partial charge in [-0.05, 0) is 67.3 Å². The molecule has 3 aromatic carbocycles. The highest BCUT2D eigenvalue weighted by Gasteiger charge is 2.35. The minimum absolute atomic E-state index is 0.0605. The highest BCUT2D eigenvalue weighted by Crippen LogP contribution is 2.40. The smallest absolute Gasteiger partial charge is 0.409 e. The Bertz CT molecular complexity index is 1490. The second kappa shape index (κ2) is 9.36. The van der Waals surface area contributed by atoms with Gasteiger partial charge in [-0.2, -0.15) is 0 Å². The molecule has 0 radical (unpaired) electrons. The summed E-state index contributed by atoms with van der Waals surface area (Å²) >= 11 is 0. The van der Waals surface area contributed by atoms with Crippen LogP contribution in [0.2, 0.25) is 0 Å². The summed E-state index contributed by atoms with van der Waals surface area (Å²) in [5.41, 5.74) is 4.37. The maximum absolute atomic E-state index is 13.6. The standard InChI is InChI=1S/C31H29N3O3/c1-20-19-33(31(36)37-30-9-5-7-23-6-3-4-8-27(23)30)29-17-24(13-15-28(29)34(20)21(2)35)25-12-14-26(32-18-25)16-22-10-11-22/h3-9,12-15,17-18,20,22H,10-11,16,19H2,1-2H3. The number of benzene rings is 3. The van der Waals surface area contributed by atoms with Gasteiger partial charge in [-0.3, -0.25) is 14.7 Å². The van der Waals surface area contributed by atoms with Gasteiger partial charge in [-0.15, -0.1) is 0 Å². The number of carbonyl (C=O) groups is 2. The topological polar surface area (TPSA) is 62.7 Å². The molecule has 4 aromatic rings. The number of rotatable bonds is 4. The first-order chi connectivity index (χ1) is 18.0. The van der Waals surface area contributed by atoms with E-state index < -0.39 is 6.09 Å². The summed E-state index contributed by atoms with van der Waals surface area (Å²) in [6.07, 6.45) is 5.05. The van der Waals surface area contributed by atoms with Crippen molar-refractivity contribution in [1.29, 1.82) is 0 Å². The summed E-state index contributed by atoms with van der Waals surface area (Å²) in [5, 5.41) is 1.88. The SMILES string of the molecule is CC(=O)N1c2ccc(-c3ccc(CC4CC4)nc3)cc2N(C(=O)Oc2cccc3ccccc23)CC1C. The minimum Gasteiger partial charge on any atom is -0.409 e. The van der Waals surface area contributed by atoms with E-state index in [1.807, 2.05) is 73.8 Å². The number of aromatic nitrogens is 1. The van der Waals surface area contributed by atoms with Gasteiger partial charge in [0.2, 0.25) is 5.91 Å². The fraction of sp³-hybridized carbons (Fsp3) is 0.258. The van der Waals surface area contributed by atoms with E-state index >= 15 is 0 Å². The molecule has 1 saturated carbocycles. The molecule has 1 atom stereocenters. The van der Waals surface area contributed by atoms with E-state index in [0.717, 1.165) is 39.9 Å². The number of anilines is 2. The summed E-state index contributed by atoms with van der Waals surface area (Å²) in [5.74, 6) is 1.23. The molecule has 0 N–H and O–H groups in total. The van der Waals surface area contributed by atoms with Gasteiger partial charge >= 0.3 is 6.09 Å². The van der Waals surface area contributed by atoms with Crippen LogP contribution in [-0.2, 0) is 11.2 Å². The third-order valence-corrected chi connectivity index (χ3v) is 7.27. The number of amides is 2. The van der Waals surface area contributed by atoms with Crippen molar-refractivity contribution in [3.63, 3.8) is 0 Å². The van der Waals surface area contributed by atoms with E-state index in [2.05, 4.69) is 17.1 Å². The van der Waals surface area contributed by atoms with Gasteiger partial charge in [0.15, 0.2) is 0 Å². The zero-order chi connectivity index (χ0) is 25.5. The van der Waals surface area contributed by atoms with E-state index in [4.69, 9.17) is 4.74 Å². The molecule has 37 heavy (non-hydrogen) atoms. The molecule has 1 aliphatic carbocycles. The molecule has 0 bridgehead atoms. The highest BCUT2D eigenvalue weighted by atomic mass is 16.6. The van der Waals surface area contributed by atoms with Crippen molar-refractivity contribution in [2.45, 2.75) is 39.2 Å². The Labute approximate surface area is 216 Å². The van der Waals surface area contributed by atoms with Crippen molar-refractivity contribution in [2.75, 3.05) is 16.3 Å². The Balaban J connectivity index is 1.35. The normalized spacial score (nSPS) is 17.0. The lowest BCUT2D eigenvalue weighted by atomic mass is 10.0. The van der Waals surface area contributed by atoms with E-state index in [0.29, 0.717) is 23.7 Å². The van der Waals surface area contributed by atoms with Crippen LogP contribution in [0.25, 0.3) is 21.9 Å². The number of pyridine rings is 1. The zero-order valence-electron chi connectivity index (χ0n) is 21.1. The zero-order valence-corrected chi connectivity index (χ0v) is 21.1. The second-order valence-corrected chi connectivity index (χ2v) is 10.1. The lowest BCUT2D eigenvalue weighted by Gasteiger charge is -2.40. The molecule has 0 saturated heterocycles. The Hall–Kier alpha value is -4.19. The molecule has 2 amide bonds. The largest absolute Gasteiger partial charge is 0.419 e. The third kappa shape index (κ3) is 4.55. The lowest BCUT2D eigenvalue weighted by molar-refractivity contribution is -0.117. The van der Waals surface area contributed by atoms with Gasteiger partial charge in [-0.1, -0.05) is 48.5 Å². The number of ether oxygens (including phenoxy) is 1. The first-order valence-electron chi connectivity index (χ1n) is 12.8. The molecule has 186 valence electrons. The van der Waals surface area contributed by atoms with Crippen LogP contribution in [0.4, 0.5) is 16.2 Å². The van der Waals surface area contributed by atoms with E-state index in [1.54, 1.807) is 16.7 Å². The van der Waals surface area contributed by atoms with Crippen LogP contribution >= 0.6 is 0 Å². The van der Waals surface area contributed by atoms with Crippen LogP contribution in [0.1, 0.15) is 32.4 Å². The minimum atomic E-state index is -0.470. The van der Waals surface area contributed by atoms with Gasteiger partial charge in [0.05, 0.1) is 17.4 Å². The summed E-state index contributed by atoms with van der Waals surface area (Å²) < 4.78 is 5.94. The van der Waals surface area contributed by atoms with Crippen molar-refractivity contribution in [3.05, 3.63) is 84.7 Å². The van der Waals surface area contributed by atoms with Gasteiger partial charge in [0, 0.05) is 36.3 Å². The molecule has 1 aliphatic heterocycles. The fourth-order valence-electron chi connectivity index (χ4n) is 5.23. The van der Waals surface area contributed by atoms with E-state index in [-0.39, 0.29) is 11.9 Å². The molecule has 2 heterocycles. The first kappa shape index (κ1) is 23.2. The third-order valence-electron chi connectivity index (χ3n) is 7.27. The number of nitrogens with zero attached hydrogens (tertiary/aromatic N) is 3. The van der Waals surface area contributed by atoms with Crippen molar-refractivity contribution < 1.29 is 14.3 Å². The Kier molecular flexibility index (Phi) is 5.87. The molecule has 1 fully saturated rings. The first-order valence-corrected chi connectivity index (χ1v) is 12.8. The average molecular weight is 492 g/mol. The predicted octanol–water partition coefficient (Wildman–Crippen LogP) is 6.61. The Morgan fingerprint density at radius 2 is 1.73 bits per heavy atom. The number of hydrogen-bond acceptors (Lipinski definition) is 4. The molecular weight excluding hydrogens is 462 g/mol. The van der Waals surface area contributed by atoms with E-state index in [9.17, 15) is 9.59 Å². The molecule has 6 heteroatoms. The van der Waals surface area contributed by atoms with Crippen LogP contribution in [0, 0.1) is 5.92 Å². The molecule has 1 aromatic heterocycles. The average Bonchev–Trinajstić information content (AvgIpc) is 3.72. The molecule has 2 aliphatic rings. The highest BCUT2D eigenvalue weighted by molar-refractivity contribution is 6.04. The van der Waals surface area contributed by atoms with Gasteiger partial charge in [0.25, 0.3) is 0 Å². The van der Waals surface area contributed by atoms with Crippen LogP contribution in [0.15, 0.2) is 79.0 Å². The summed E-state index contributed by atoms with van der Waals surface area (Å²) in [7, 11) is 0. The maximum atomic E-state index is 13.6. The second-order valence-electron chi connectivity index (χ2n) is 10.1. The predicted molar refractivity (Wildman–Crippen MR) is 146 cm³/mol. The fourth-order valence-corrected chi connectivity index (χ4v) is 5.23. The van der Waals surface area contributed by atoms with Crippen LogP contribution in [0.3, 0.4) is 0 Å². The quantitative estimate of drug-likeness (QED) is 0.322. The maximum Gasteiger partial charge on any atom is 0.419 e. The molecule has 0 spiro atoms. The number of hydrogen-bond donors (Lipinski definition) is 0. The van der Waals surface area contributed by atoms with Crippen molar-refractivity contribution in [3.8, 4) is 16.9 Å². The molecule has 1 unspecified atom stereocenters.